The first-order chi connectivity index (χ1) is 20.1. The van der Waals surface area contributed by atoms with E-state index in [0.29, 0.717) is 36.4 Å². The highest BCUT2D eigenvalue weighted by Gasteiger charge is 2.32. The van der Waals surface area contributed by atoms with Crippen molar-refractivity contribution in [2.24, 2.45) is 0 Å². The number of carboxylic acid groups (broad SMARTS) is 1. The summed E-state index contributed by atoms with van der Waals surface area (Å²) in [6.45, 7) is 9.69. The molecule has 3 aromatic heterocycles. The van der Waals surface area contributed by atoms with Crippen LogP contribution in [0.15, 0.2) is 82.2 Å². The monoisotopic (exact) mass is 567 g/mol. The Morgan fingerprint density at radius 3 is 2.40 bits per heavy atom. The first-order valence-electron chi connectivity index (χ1n) is 13.6. The summed E-state index contributed by atoms with van der Waals surface area (Å²) in [6.07, 6.45) is 4.82. The molecule has 1 N–H and O–H groups in total. The minimum absolute atomic E-state index is 0.409. The molecular formula is C32H33N5O5. The molecule has 216 valence electrons. The van der Waals surface area contributed by atoms with Crippen molar-refractivity contribution in [3.05, 3.63) is 113 Å². The summed E-state index contributed by atoms with van der Waals surface area (Å²) < 4.78 is 17.8. The zero-order valence-corrected chi connectivity index (χ0v) is 24.2. The molecule has 0 aliphatic carbocycles. The number of carbonyl (C=O) groups is 1. The predicted octanol–water partition coefficient (Wildman–Crippen LogP) is 6.08. The Morgan fingerprint density at radius 1 is 1.05 bits per heavy atom. The molecule has 0 aliphatic heterocycles. The normalized spacial score (nSPS) is 12.4. The topological polar surface area (TPSA) is 128 Å². The number of nitrogens with zero attached hydrogens (tertiary/aromatic N) is 5. The van der Waals surface area contributed by atoms with E-state index in [1.807, 2.05) is 75.4 Å². The Labute approximate surface area is 244 Å². The van der Waals surface area contributed by atoms with Crippen LogP contribution in [0.3, 0.4) is 0 Å². The van der Waals surface area contributed by atoms with Gasteiger partial charge in [-0.15, -0.1) is 10.2 Å². The summed E-state index contributed by atoms with van der Waals surface area (Å²) in [6, 6.07) is 17.2. The van der Waals surface area contributed by atoms with E-state index in [0.717, 1.165) is 33.5 Å². The molecule has 1 unspecified atom stereocenters. The smallest absolute Gasteiger partial charge is 0.347 e. The van der Waals surface area contributed by atoms with Gasteiger partial charge in [0.1, 0.15) is 17.6 Å². The molecule has 42 heavy (non-hydrogen) atoms. The number of carboxylic acids is 1. The molecule has 3 heterocycles. The van der Waals surface area contributed by atoms with E-state index in [1.54, 1.807) is 12.4 Å². The number of pyridine rings is 1. The number of aryl methyl sites for hydroxylation is 3. The minimum atomic E-state index is -1.37. The Bertz CT molecular complexity index is 1630. The van der Waals surface area contributed by atoms with Gasteiger partial charge in [-0.25, -0.2) is 9.78 Å². The third kappa shape index (κ3) is 6.23. The maximum atomic E-state index is 11.7. The first kappa shape index (κ1) is 28.7. The fraction of sp³-hybridized carbons (Fsp3) is 0.281. The van der Waals surface area contributed by atoms with Gasteiger partial charge >= 0.3 is 5.97 Å². The van der Waals surface area contributed by atoms with Gasteiger partial charge in [0.15, 0.2) is 5.60 Å². The molecular weight excluding hydrogens is 534 g/mol. The van der Waals surface area contributed by atoms with Gasteiger partial charge in [0.25, 0.3) is 0 Å². The van der Waals surface area contributed by atoms with E-state index >= 15 is 0 Å². The minimum Gasteiger partial charge on any atom is -0.478 e. The van der Waals surface area contributed by atoms with Gasteiger partial charge < -0.3 is 18.7 Å². The van der Waals surface area contributed by atoms with E-state index < -0.39 is 17.6 Å². The molecule has 0 amide bonds. The van der Waals surface area contributed by atoms with Crippen molar-refractivity contribution < 1.29 is 23.5 Å². The van der Waals surface area contributed by atoms with Crippen LogP contribution in [-0.4, -0.2) is 41.7 Å². The van der Waals surface area contributed by atoms with Crippen molar-refractivity contribution in [3.8, 4) is 17.2 Å². The SMILES string of the molecule is Cc1cc(CN(Cc2nc(-c3ccccc3)oc2C)C(c2cccnc2)c2nnco2)cc(C)c1OC(C)(C)C(=O)O. The predicted molar refractivity (Wildman–Crippen MR) is 155 cm³/mol. The molecule has 10 nitrogen and oxygen atoms in total. The van der Waals surface area contributed by atoms with Crippen LogP contribution in [0, 0.1) is 20.8 Å². The lowest BCUT2D eigenvalue weighted by molar-refractivity contribution is -0.152. The number of ether oxygens (including phenoxy) is 1. The second-order valence-electron chi connectivity index (χ2n) is 10.7. The van der Waals surface area contributed by atoms with E-state index in [-0.39, 0.29) is 0 Å². The standard InChI is InChI=1S/C32H33N5O5/c1-20-14-23(15-21(2)28(20)42-32(4,5)31(38)39)17-37(27(30-36-34-19-40-30)25-12-9-13-33-16-25)18-26-22(3)41-29(35-26)24-10-7-6-8-11-24/h6-16,19,27H,17-18H2,1-5H3,(H,38,39). The number of oxazole rings is 1. The van der Waals surface area contributed by atoms with Gasteiger partial charge in [-0.3, -0.25) is 9.88 Å². The second-order valence-corrected chi connectivity index (χ2v) is 10.7. The summed E-state index contributed by atoms with van der Waals surface area (Å²) in [5, 5.41) is 17.8. The van der Waals surface area contributed by atoms with E-state index in [1.165, 1.54) is 20.2 Å². The van der Waals surface area contributed by atoms with Crippen molar-refractivity contribution in [3.63, 3.8) is 0 Å². The molecule has 0 saturated heterocycles. The van der Waals surface area contributed by atoms with Crippen LogP contribution in [0.25, 0.3) is 11.5 Å². The van der Waals surface area contributed by atoms with Crippen molar-refractivity contribution in [1.29, 1.82) is 0 Å². The highest BCUT2D eigenvalue weighted by molar-refractivity contribution is 5.77. The molecule has 0 spiro atoms. The number of benzene rings is 2. The van der Waals surface area contributed by atoms with E-state index in [2.05, 4.69) is 20.1 Å². The maximum Gasteiger partial charge on any atom is 0.347 e. The number of aliphatic carboxylic acids is 1. The third-order valence-corrected chi connectivity index (χ3v) is 7.02. The molecule has 0 bridgehead atoms. The molecule has 10 heteroatoms. The van der Waals surface area contributed by atoms with Crippen molar-refractivity contribution in [2.45, 2.75) is 59.4 Å². The van der Waals surface area contributed by atoms with Gasteiger partial charge in [-0.2, -0.15) is 0 Å². The quantitative estimate of drug-likeness (QED) is 0.201. The van der Waals surface area contributed by atoms with Gasteiger partial charge in [0.05, 0.1) is 5.69 Å². The Kier molecular flexibility index (Phi) is 8.17. The van der Waals surface area contributed by atoms with Crippen molar-refractivity contribution in [1.82, 2.24) is 25.1 Å². The van der Waals surface area contributed by atoms with Crippen LogP contribution in [0.2, 0.25) is 0 Å². The number of aromatic nitrogens is 4. The third-order valence-electron chi connectivity index (χ3n) is 7.02. The lowest BCUT2D eigenvalue weighted by Crippen LogP contribution is -2.38. The molecule has 2 aromatic carbocycles. The summed E-state index contributed by atoms with van der Waals surface area (Å²) in [4.78, 5) is 23.1. The van der Waals surface area contributed by atoms with Gasteiger partial charge in [-0.05, 0) is 75.1 Å². The number of hydrogen-bond acceptors (Lipinski definition) is 9. The lowest BCUT2D eigenvalue weighted by Gasteiger charge is -2.30. The van der Waals surface area contributed by atoms with Crippen LogP contribution in [0.5, 0.6) is 5.75 Å². The molecule has 5 rings (SSSR count). The number of hydrogen-bond donors (Lipinski definition) is 1. The lowest BCUT2D eigenvalue weighted by atomic mass is 10.0. The largest absolute Gasteiger partial charge is 0.478 e. The van der Waals surface area contributed by atoms with Crippen molar-refractivity contribution in [2.75, 3.05) is 0 Å². The maximum absolute atomic E-state index is 11.7. The van der Waals surface area contributed by atoms with E-state index in [9.17, 15) is 9.90 Å². The van der Waals surface area contributed by atoms with Crippen LogP contribution in [0.4, 0.5) is 0 Å². The first-order valence-corrected chi connectivity index (χ1v) is 13.6. The molecule has 1 atom stereocenters. The Balaban J connectivity index is 1.55. The van der Waals surface area contributed by atoms with Gasteiger partial charge in [0.2, 0.25) is 18.2 Å². The van der Waals surface area contributed by atoms with Gasteiger partial charge in [-0.1, -0.05) is 36.4 Å². The van der Waals surface area contributed by atoms with Crippen LogP contribution < -0.4 is 4.74 Å². The highest BCUT2D eigenvalue weighted by Crippen LogP contribution is 2.34. The van der Waals surface area contributed by atoms with E-state index in [4.69, 9.17) is 18.6 Å². The average Bonchev–Trinajstić information content (AvgIpc) is 3.62. The van der Waals surface area contributed by atoms with Crippen LogP contribution >= 0.6 is 0 Å². The Hall–Kier alpha value is -4.83. The second kappa shape index (κ2) is 12.0. The van der Waals surface area contributed by atoms with Crippen LogP contribution in [-0.2, 0) is 17.9 Å². The van der Waals surface area contributed by atoms with Crippen molar-refractivity contribution >= 4 is 5.97 Å². The zero-order chi connectivity index (χ0) is 29.9. The Morgan fingerprint density at radius 2 is 1.79 bits per heavy atom. The summed E-state index contributed by atoms with van der Waals surface area (Å²) in [5.41, 5.74) is 3.83. The summed E-state index contributed by atoms with van der Waals surface area (Å²) in [7, 11) is 0. The zero-order valence-electron chi connectivity index (χ0n) is 24.2. The molecule has 0 radical (unpaired) electrons. The molecule has 0 saturated carbocycles. The van der Waals surface area contributed by atoms with Gasteiger partial charge in [0, 0.05) is 31.0 Å². The average molecular weight is 568 g/mol. The highest BCUT2D eigenvalue weighted by atomic mass is 16.5. The molecule has 0 aliphatic rings. The fourth-order valence-electron chi connectivity index (χ4n) is 4.88. The fourth-order valence-corrected chi connectivity index (χ4v) is 4.88. The molecule has 5 aromatic rings. The molecule has 0 fully saturated rings. The summed E-state index contributed by atoms with van der Waals surface area (Å²) >= 11 is 0. The van der Waals surface area contributed by atoms with Crippen LogP contribution in [0.1, 0.15) is 59.5 Å². The number of rotatable bonds is 11. The summed E-state index contributed by atoms with van der Waals surface area (Å²) in [5.74, 6) is 1.20.